The molecular formula is C32H43N7O4S. The molecular weight excluding hydrogens is 578 g/mol. The summed E-state index contributed by atoms with van der Waals surface area (Å²) >= 11 is 0. The van der Waals surface area contributed by atoms with Gasteiger partial charge >= 0.3 is 6.03 Å². The highest BCUT2D eigenvalue weighted by molar-refractivity contribution is 7.88. The van der Waals surface area contributed by atoms with Crippen LogP contribution in [0.2, 0.25) is 0 Å². The number of aromatic nitrogens is 3. The third-order valence-corrected chi connectivity index (χ3v) is 10.8. The maximum atomic E-state index is 14.2. The molecule has 1 aromatic carbocycles. The molecule has 2 N–H and O–H groups in total. The van der Waals surface area contributed by atoms with Crippen LogP contribution in [0.25, 0.3) is 22.2 Å². The third-order valence-electron chi connectivity index (χ3n) is 9.51. The van der Waals surface area contributed by atoms with Gasteiger partial charge in [-0.3, -0.25) is 9.36 Å². The first-order chi connectivity index (χ1) is 21.2. The van der Waals surface area contributed by atoms with Gasteiger partial charge in [0.2, 0.25) is 16.0 Å². The zero-order valence-electron chi connectivity index (χ0n) is 25.7. The van der Waals surface area contributed by atoms with Crippen molar-refractivity contribution in [2.24, 2.45) is 0 Å². The Morgan fingerprint density at radius 2 is 1.61 bits per heavy atom. The Labute approximate surface area is 259 Å². The van der Waals surface area contributed by atoms with Gasteiger partial charge in [-0.2, -0.15) is 4.98 Å². The number of nitrogens with one attached hydrogen (secondary N) is 2. The molecule has 2 aliphatic heterocycles. The van der Waals surface area contributed by atoms with E-state index in [1.165, 1.54) is 29.8 Å². The number of hydrogen-bond acceptors (Lipinski definition) is 7. The molecule has 0 radical (unpaired) electrons. The molecule has 0 atom stereocenters. The van der Waals surface area contributed by atoms with Crippen molar-refractivity contribution in [1.82, 2.24) is 29.1 Å². The van der Waals surface area contributed by atoms with Crippen molar-refractivity contribution in [3.63, 3.8) is 0 Å². The highest BCUT2D eigenvalue weighted by Crippen LogP contribution is 2.30. The van der Waals surface area contributed by atoms with Gasteiger partial charge in [0.15, 0.2) is 0 Å². The number of piperidine rings is 2. The molecule has 1 aliphatic carbocycles. The summed E-state index contributed by atoms with van der Waals surface area (Å²) in [6.07, 6.45) is 11.4. The van der Waals surface area contributed by atoms with E-state index in [1.807, 2.05) is 42.2 Å². The molecule has 6 rings (SSSR count). The molecule has 3 aliphatic rings. The van der Waals surface area contributed by atoms with Crippen LogP contribution in [0.15, 0.2) is 41.3 Å². The minimum atomic E-state index is -3.30. The maximum Gasteiger partial charge on any atom is 0.317 e. The van der Waals surface area contributed by atoms with Gasteiger partial charge in [0.05, 0.1) is 6.26 Å². The normalized spacial score (nSPS) is 19.7. The number of carbonyl (C=O) groups is 1. The van der Waals surface area contributed by atoms with Crippen molar-refractivity contribution in [1.29, 1.82) is 0 Å². The lowest BCUT2D eigenvalue weighted by molar-refractivity contribution is 0.176. The molecule has 236 valence electrons. The molecule has 12 heteroatoms. The van der Waals surface area contributed by atoms with Crippen molar-refractivity contribution >= 4 is 33.0 Å². The van der Waals surface area contributed by atoms with Crippen LogP contribution in [0.4, 0.5) is 10.7 Å². The Morgan fingerprint density at radius 3 is 2.30 bits per heavy atom. The first kappa shape index (κ1) is 30.5. The fraction of sp³-hybridized carbons (Fsp3) is 0.562. The van der Waals surface area contributed by atoms with Crippen LogP contribution >= 0.6 is 0 Å². The first-order valence-corrected chi connectivity index (χ1v) is 17.8. The summed E-state index contributed by atoms with van der Waals surface area (Å²) in [5.41, 5.74) is 2.87. The molecule has 0 spiro atoms. The molecule has 3 aromatic rings. The van der Waals surface area contributed by atoms with Crippen LogP contribution in [-0.2, 0) is 10.0 Å². The molecule has 0 bridgehead atoms. The number of nitrogens with zero attached hydrogens (tertiary/aromatic N) is 5. The fourth-order valence-electron chi connectivity index (χ4n) is 6.95. The second kappa shape index (κ2) is 12.8. The number of likely N-dealkylation sites (tertiary alicyclic amines) is 1. The summed E-state index contributed by atoms with van der Waals surface area (Å²) in [7, 11) is -3.30. The molecule has 4 heterocycles. The van der Waals surface area contributed by atoms with Gasteiger partial charge in [-0.05, 0) is 62.6 Å². The first-order valence-electron chi connectivity index (χ1n) is 15.9. The largest absolute Gasteiger partial charge is 0.351 e. The number of hydrogen-bond donors (Lipinski definition) is 2. The number of benzene rings is 1. The Morgan fingerprint density at radius 1 is 0.909 bits per heavy atom. The number of amides is 2. The van der Waals surface area contributed by atoms with Crippen LogP contribution in [0.3, 0.4) is 0 Å². The van der Waals surface area contributed by atoms with E-state index in [2.05, 4.69) is 15.6 Å². The van der Waals surface area contributed by atoms with E-state index in [0.29, 0.717) is 62.2 Å². The molecule has 2 saturated heterocycles. The van der Waals surface area contributed by atoms with E-state index in [4.69, 9.17) is 4.98 Å². The zero-order chi connectivity index (χ0) is 30.8. The third kappa shape index (κ3) is 6.61. The molecule has 2 amide bonds. The minimum Gasteiger partial charge on any atom is -0.351 e. The lowest BCUT2D eigenvalue weighted by atomic mass is 9.95. The van der Waals surface area contributed by atoms with Crippen molar-refractivity contribution in [2.75, 3.05) is 37.8 Å². The van der Waals surface area contributed by atoms with Gasteiger partial charge in [-0.25, -0.2) is 22.5 Å². The van der Waals surface area contributed by atoms with E-state index in [1.54, 1.807) is 10.8 Å². The van der Waals surface area contributed by atoms with E-state index in [-0.39, 0.29) is 23.7 Å². The summed E-state index contributed by atoms with van der Waals surface area (Å²) in [6, 6.07) is 9.93. The Balaban J connectivity index is 1.23. The average molecular weight is 622 g/mol. The van der Waals surface area contributed by atoms with E-state index in [0.717, 1.165) is 42.2 Å². The predicted octanol–water partition coefficient (Wildman–Crippen LogP) is 4.28. The Kier molecular flexibility index (Phi) is 8.91. The van der Waals surface area contributed by atoms with Gasteiger partial charge < -0.3 is 15.5 Å². The van der Waals surface area contributed by atoms with Crippen molar-refractivity contribution in [3.05, 3.63) is 52.4 Å². The summed E-state index contributed by atoms with van der Waals surface area (Å²) in [5, 5.41) is 7.44. The summed E-state index contributed by atoms with van der Waals surface area (Å²) in [4.78, 5) is 38.4. The van der Waals surface area contributed by atoms with Gasteiger partial charge in [0, 0.05) is 61.5 Å². The van der Waals surface area contributed by atoms with Crippen molar-refractivity contribution in [3.8, 4) is 11.1 Å². The number of anilines is 1. The number of rotatable bonds is 6. The predicted molar refractivity (Wildman–Crippen MR) is 172 cm³/mol. The second-order valence-corrected chi connectivity index (χ2v) is 14.6. The molecule has 11 nitrogen and oxygen atoms in total. The smallest absolute Gasteiger partial charge is 0.317 e. The van der Waals surface area contributed by atoms with Crippen molar-refractivity contribution < 1.29 is 13.2 Å². The summed E-state index contributed by atoms with van der Waals surface area (Å²) < 4.78 is 27.6. The average Bonchev–Trinajstić information content (AvgIpc) is 3.02. The number of urea groups is 1. The standard InChI is InChI=1S/C32H43N7O4S/c1-22-8-6-7-11-27(22)28-20-23-21-33-31(34-25-12-16-37(17-13-25)32(41)35-24-9-4-3-5-10-24)36-29(23)39(30(28)40)26-14-18-38(19-15-26)44(2,42)43/h6-8,11,20-21,24-26H,3-5,9-10,12-19H2,1-2H3,(H,35,41)(H,33,34,36). The monoisotopic (exact) mass is 621 g/mol. The highest BCUT2D eigenvalue weighted by atomic mass is 32.2. The number of pyridine rings is 1. The Hall–Kier alpha value is -3.51. The topological polar surface area (TPSA) is 130 Å². The fourth-order valence-corrected chi connectivity index (χ4v) is 7.82. The lowest BCUT2D eigenvalue weighted by Crippen LogP contribution is -2.49. The minimum absolute atomic E-state index is 0.0349. The van der Waals surface area contributed by atoms with Crippen LogP contribution in [-0.4, -0.2) is 82.7 Å². The number of sulfonamides is 1. The van der Waals surface area contributed by atoms with Crippen LogP contribution < -0.4 is 16.2 Å². The Bertz CT molecular complexity index is 1670. The molecule has 1 saturated carbocycles. The van der Waals surface area contributed by atoms with Crippen LogP contribution in [0.1, 0.15) is 69.4 Å². The summed E-state index contributed by atoms with van der Waals surface area (Å²) in [5.74, 6) is 0.452. The molecule has 2 aromatic heterocycles. The second-order valence-electron chi connectivity index (χ2n) is 12.6. The number of carbonyl (C=O) groups excluding carboxylic acids is 1. The van der Waals surface area contributed by atoms with E-state index >= 15 is 0 Å². The highest BCUT2D eigenvalue weighted by Gasteiger charge is 2.29. The van der Waals surface area contributed by atoms with Gasteiger partial charge in [0.1, 0.15) is 5.65 Å². The molecule has 3 fully saturated rings. The number of fused-ring (bicyclic) bond motifs is 1. The van der Waals surface area contributed by atoms with Crippen LogP contribution in [0.5, 0.6) is 0 Å². The van der Waals surface area contributed by atoms with Gasteiger partial charge in [-0.15, -0.1) is 0 Å². The SMILES string of the molecule is Cc1ccccc1-c1cc2cnc(NC3CCN(C(=O)NC4CCCCC4)CC3)nc2n(C2CCN(S(C)(=O)=O)CC2)c1=O. The maximum absolute atomic E-state index is 14.2. The number of aryl methyl sites for hydroxylation is 1. The summed E-state index contributed by atoms with van der Waals surface area (Å²) in [6.45, 7) is 4.02. The van der Waals surface area contributed by atoms with Gasteiger partial charge in [-0.1, -0.05) is 43.5 Å². The van der Waals surface area contributed by atoms with Gasteiger partial charge in [0.25, 0.3) is 5.56 Å². The van der Waals surface area contributed by atoms with E-state index < -0.39 is 10.0 Å². The quantitative estimate of drug-likeness (QED) is 0.420. The van der Waals surface area contributed by atoms with Crippen LogP contribution in [0, 0.1) is 6.92 Å². The molecule has 44 heavy (non-hydrogen) atoms. The van der Waals surface area contributed by atoms with E-state index in [9.17, 15) is 18.0 Å². The lowest BCUT2D eigenvalue weighted by Gasteiger charge is -2.34. The molecule has 0 unspecified atom stereocenters. The zero-order valence-corrected chi connectivity index (χ0v) is 26.5. The van der Waals surface area contributed by atoms with Crippen molar-refractivity contribution in [2.45, 2.75) is 82.8 Å².